The third kappa shape index (κ3) is 3.17. The lowest BCUT2D eigenvalue weighted by atomic mass is 10.2. The lowest BCUT2D eigenvalue weighted by molar-refractivity contribution is -0.137. The Bertz CT molecular complexity index is 492. The van der Waals surface area contributed by atoms with Gasteiger partial charge in [0.25, 0.3) is 5.91 Å². The second-order valence-electron chi connectivity index (χ2n) is 3.61. The van der Waals surface area contributed by atoms with Crippen LogP contribution in [0.25, 0.3) is 0 Å². The highest BCUT2D eigenvalue weighted by Gasteiger charge is 2.19. The Morgan fingerprint density at radius 2 is 2.12 bits per heavy atom. The molecule has 17 heavy (non-hydrogen) atoms. The Labute approximate surface area is 97.9 Å². The molecule has 0 bridgehead atoms. The van der Waals surface area contributed by atoms with E-state index in [0.717, 1.165) is 4.90 Å². The normalized spacial score (nSPS) is 10.0. The summed E-state index contributed by atoms with van der Waals surface area (Å²) in [5.41, 5.74) is 0.196. The van der Waals surface area contributed by atoms with Gasteiger partial charge in [-0.3, -0.25) is 14.4 Å². The Balaban J connectivity index is 3.02. The van der Waals surface area contributed by atoms with Crippen LogP contribution in [-0.4, -0.2) is 40.0 Å². The van der Waals surface area contributed by atoms with Gasteiger partial charge in [-0.2, -0.15) is 0 Å². The summed E-state index contributed by atoms with van der Waals surface area (Å²) < 4.78 is 0. The van der Waals surface area contributed by atoms with Crippen LogP contribution >= 0.6 is 0 Å². The van der Waals surface area contributed by atoms with Crippen LogP contribution in [0, 0.1) is 6.92 Å². The summed E-state index contributed by atoms with van der Waals surface area (Å²) in [5.74, 6) is -1.68. The van der Waals surface area contributed by atoms with Crippen molar-refractivity contribution in [3.8, 4) is 0 Å². The van der Waals surface area contributed by atoms with Gasteiger partial charge in [0.05, 0.1) is 0 Å². The number of carboxylic acid groups (broad SMARTS) is 1. The number of rotatable bonds is 4. The lowest BCUT2D eigenvalue weighted by Crippen LogP contribution is -2.37. The van der Waals surface area contributed by atoms with Crippen LogP contribution < -0.4 is 5.43 Å². The number of aliphatic carboxylic acids is 1. The van der Waals surface area contributed by atoms with E-state index in [4.69, 9.17) is 5.11 Å². The van der Waals surface area contributed by atoms with Crippen LogP contribution in [0.5, 0.6) is 0 Å². The summed E-state index contributed by atoms with van der Waals surface area (Å²) in [5, 5.41) is 8.64. The van der Waals surface area contributed by atoms with Gasteiger partial charge >= 0.3 is 5.97 Å². The van der Waals surface area contributed by atoms with Gasteiger partial charge in [0.1, 0.15) is 12.1 Å². The highest BCUT2D eigenvalue weighted by Crippen LogP contribution is 1.99. The smallest absolute Gasteiger partial charge is 0.323 e. The van der Waals surface area contributed by atoms with Crippen molar-refractivity contribution in [1.29, 1.82) is 0 Å². The van der Waals surface area contributed by atoms with E-state index in [2.05, 4.69) is 4.98 Å². The monoisotopic (exact) mass is 238 g/mol. The number of aromatic nitrogens is 1. The molecule has 1 aromatic heterocycles. The molecule has 0 radical (unpaired) electrons. The molecule has 1 heterocycles. The average molecular weight is 238 g/mol. The summed E-state index contributed by atoms with van der Waals surface area (Å²) in [6, 6.07) is 1.31. The van der Waals surface area contributed by atoms with Gasteiger partial charge in [-0.1, -0.05) is 0 Å². The van der Waals surface area contributed by atoms with Crippen molar-refractivity contribution in [3.63, 3.8) is 0 Å². The van der Waals surface area contributed by atoms with Crippen molar-refractivity contribution in [1.82, 2.24) is 9.88 Å². The van der Waals surface area contributed by atoms with E-state index in [1.165, 1.54) is 12.3 Å². The summed E-state index contributed by atoms with van der Waals surface area (Å²) in [4.78, 5) is 37.9. The first kappa shape index (κ1) is 13.0. The van der Waals surface area contributed by atoms with Crippen molar-refractivity contribution in [2.75, 3.05) is 13.1 Å². The standard InChI is InChI=1S/C11H14N2O4/c1-3-13(6-10(15)16)11(17)8-5-12-7(2)4-9(8)14/h4-5H,3,6H2,1-2H3,(H,12,14)(H,15,16). The van der Waals surface area contributed by atoms with E-state index in [1.54, 1.807) is 13.8 Å². The molecule has 1 aromatic rings. The van der Waals surface area contributed by atoms with Gasteiger partial charge in [-0.05, 0) is 13.8 Å². The third-order valence-electron chi connectivity index (χ3n) is 2.28. The van der Waals surface area contributed by atoms with Gasteiger partial charge < -0.3 is 15.0 Å². The van der Waals surface area contributed by atoms with Crippen LogP contribution in [0.15, 0.2) is 17.1 Å². The van der Waals surface area contributed by atoms with Crippen LogP contribution in [-0.2, 0) is 4.79 Å². The molecule has 0 aromatic carbocycles. The number of nitrogens with zero attached hydrogens (tertiary/aromatic N) is 1. The molecule has 2 N–H and O–H groups in total. The molecule has 1 rings (SSSR count). The number of carbonyl (C=O) groups is 2. The number of carboxylic acids is 1. The minimum absolute atomic E-state index is 0.0429. The van der Waals surface area contributed by atoms with E-state index in [-0.39, 0.29) is 12.1 Å². The fourth-order valence-corrected chi connectivity index (χ4v) is 1.40. The molecular weight excluding hydrogens is 224 g/mol. The van der Waals surface area contributed by atoms with E-state index in [9.17, 15) is 14.4 Å². The molecule has 0 atom stereocenters. The molecule has 0 spiro atoms. The fourth-order valence-electron chi connectivity index (χ4n) is 1.40. The number of pyridine rings is 1. The number of amides is 1. The quantitative estimate of drug-likeness (QED) is 0.785. The summed E-state index contributed by atoms with van der Waals surface area (Å²) >= 11 is 0. The van der Waals surface area contributed by atoms with Crippen molar-refractivity contribution in [2.45, 2.75) is 13.8 Å². The Kier molecular flexibility index (Phi) is 4.03. The average Bonchev–Trinajstić information content (AvgIpc) is 2.24. The summed E-state index contributed by atoms with van der Waals surface area (Å²) in [6.07, 6.45) is 1.31. The zero-order chi connectivity index (χ0) is 13.0. The number of hydrogen-bond donors (Lipinski definition) is 2. The molecule has 0 fully saturated rings. The lowest BCUT2D eigenvalue weighted by Gasteiger charge is -2.17. The number of hydrogen-bond acceptors (Lipinski definition) is 3. The molecule has 0 aliphatic carbocycles. The van der Waals surface area contributed by atoms with E-state index >= 15 is 0 Å². The van der Waals surface area contributed by atoms with Crippen molar-refractivity contribution in [2.24, 2.45) is 0 Å². The maximum absolute atomic E-state index is 11.9. The second-order valence-corrected chi connectivity index (χ2v) is 3.61. The van der Waals surface area contributed by atoms with Gasteiger partial charge in [-0.25, -0.2) is 0 Å². The van der Waals surface area contributed by atoms with E-state index in [1.807, 2.05) is 0 Å². The Morgan fingerprint density at radius 3 is 2.59 bits per heavy atom. The fraction of sp³-hybridized carbons (Fsp3) is 0.364. The molecule has 0 aliphatic heterocycles. The summed E-state index contributed by atoms with van der Waals surface area (Å²) in [7, 11) is 0. The largest absolute Gasteiger partial charge is 0.480 e. The van der Waals surface area contributed by atoms with Crippen molar-refractivity contribution in [3.05, 3.63) is 33.7 Å². The maximum atomic E-state index is 11.9. The Hall–Kier alpha value is -2.11. The van der Waals surface area contributed by atoms with Crippen LogP contribution in [0.3, 0.4) is 0 Å². The molecule has 0 aliphatic rings. The highest BCUT2D eigenvalue weighted by atomic mass is 16.4. The number of likely N-dealkylation sites (N-methyl/N-ethyl adjacent to an activating group) is 1. The van der Waals surface area contributed by atoms with Gasteiger partial charge in [0, 0.05) is 24.5 Å². The first-order valence-electron chi connectivity index (χ1n) is 5.16. The highest BCUT2D eigenvalue weighted by molar-refractivity contribution is 5.95. The van der Waals surface area contributed by atoms with Gasteiger partial charge in [-0.15, -0.1) is 0 Å². The van der Waals surface area contributed by atoms with Crippen LogP contribution in [0.2, 0.25) is 0 Å². The van der Waals surface area contributed by atoms with E-state index in [0.29, 0.717) is 5.69 Å². The molecule has 6 heteroatoms. The number of aromatic amines is 1. The molecule has 92 valence electrons. The second kappa shape index (κ2) is 5.29. The first-order valence-corrected chi connectivity index (χ1v) is 5.16. The predicted molar refractivity (Wildman–Crippen MR) is 61.0 cm³/mol. The topological polar surface area (TPSA) is 90.5 Å². The molecule has 0 unspecified atom stereocenters. The van der Waals surface area contributed by atoms with Crippen LogP contribution in [0.4, 0.5) is 0 Å². The zero-order valence-electron chi connectivity index (χ0n) is 9.69. The molecular formula is C11H14N2O4. The predicted octanol–water partition coefficient (Wildman–Crippen LogP) is 0.230. The van der Waals surface area contributed by atoms with Crippen molar-refractivity contribution < 1.29 is 14.7 Å². The third-order valence-corrected chi connectivity index (χ3v) is 2.28. The molecule has 1 amide bonds. The van der Waals surface area contributed by atoms with Gasteiger partial charge in [0.2, 0.25) is 0 Å². The SMILES string of the molecule is CCN(CC(=O)O)C(=O)c1c[nH]c(C)cc1=O. The van der Waals surface area contributed by atoms with E-state index < -0.39 is 23.9 Å². The minimum atomic E-state index is -1.11. The molecule has 0 saturated carbocycles. The molecule has 6 nitrogen and oxygen atoms in total. The number of H-pyrrole nitrogens is 1. The summed E-state index contributed by atoms with van der Waals surface area (Å²) in [6.45, 7) is 3.18. The zero-order valence-corrected chi connectivity index (χ0v) is 9.69. The van der Waals surface area contributed by atoms with Crippen molar-refractivity contribution >= 4 is 11.9 Å². The maximum Gasteiger partial charge on any atom is 0.323 e. The van der Waals surface area contributed by atoms with Gasteiger partial charge in [0.15, 0.2) is 5.43 Å². The Morgan fingerprint density at radius 1 is 1.47 bits per heavy atom. The first-order chi connectivity index (χ1) is 7.95. The number of nitrogens with one attached hydrogen (secondary N) is 1. The van der Waals surface area contributed by atoms with Crippen LogP contribution in [0.1, 0.15) is 23.0 Å². The molecule has 0 saturated heterocycles. The minimum Gasteiger partial charge on any atom is -0.480 e. The number of aryl methyl sites for hydroxylation is 1. The number of carbonyl (C=O) groups excluding carboxylic acids is 1.